The van der Waals surface area contributed by atoms with Gasteiger partial charge in [0.15, 0.2) is 5.12 Å². The summed E-state index contributed by atoms with van der Waals surface area (Å²) in [6.45, 7) is 3.19. The van der Waals surface area contributed by atoms with Crippen LogP contribution in [0.2, 0.25) is 0 Å². The maximum atomic E-state index is 10.6. The number of aliphatic carboxylic acids is 1. The topological polar surface area (TPSA) is 54.4 Å². The number of carboxylic acid groups (broad SMARTS) is 1. The molecule has 0 heterocycles. The molecule has 1 aromatic rings. The Bertz CT molecular complexity index is 322. The van der Waals surface area contributed by atoms with Crippen LogP contribution >= 0.6 is 11.8 Å². The van der Waals surface area contributed by atoms with Crippen LogP contribution < -0.4 is 0 Å². The predicted molar refractivity (Wildman–Crippen MR) is 66.3 cm³/mol. The van der Waals surface area contributed by atoms with Gasteiger partial charge in [-0.25, -0.2) is 0 Å². The smallest absolute Gasteiger partial charge is 0.303 e. The summed E-state index contributed by atoms with van der Waals surface area (Å²) in [6.07, 6.45) is 0.222. The van der Waals surface area contributed by atoms with Crippen molar-refractivity contribution >= 4 is 22.8 Å². The Morgan fingerprint density at radius 1 is 1.25 bits per heavy atom. The van der Waals surface area contributed by atoms with Crippen LogP contribution in [-0.4, -0.2) is 16.2 Å². The summed E-state index contributed by atoms with van der Waals surface area (Å²) in [7, 11) is 0. The zero-order chi connectivity index (χ0) is 12.4. The lowest BCUT2D eigenvalue weighted by molar-refractivity contribution is -0.136. The lowest BCUT2D eigenvalue weighted by Gasteiger charge is -1.95. The van der Waals surface area contributed by atoms with Gasteiger partial charge in [-0.15, -0.1) is 0 Å². The van der Waals surface area contributed by atoms with Crippen LogP contribution in [0.3, 0.4) is 0 Å². The lowest BCUT2D eigenvalue weighted by atomic mass is 10.2. The molecule has 0 saturated carbocycles. The zero-order valence-corrected chi connectivity index (χ0v) is 10.3. The molecule has 0 saturated heterocycles. The molecule has 1 rings (SSSR count). The van der Waals surface area contributed by atoms with E-state index in [9.17, 15) is 9.59 Å². The van der Waals surface area contributed by atoms with Crippen LogP contribution in [0.25, 0.3) is 0 Å². The summed E-state index contributed by atoms with van der Waals surface area (Å²) in [5.74, 6) is 0.0425. The SMILES string of the molecule is CC(=O)SCc1ccccc1.CCC(=O)O. The normalized spacial score (nSPS) is 8.88. The molecule has 1 aromatic carbocycles. The van der Waals surface area contributed by atoms with Gasteiger partial charge in [-0.3, -0.25) is 9.59 Å². The van der Waals surface area contributed by atoms with E-state index in [2.05, 4.69) is 0 Å². The van der Waals surface area contributed by atoms with E-state index >= 15 is 0 Å². The average Bonchev–Trinajstić information content (AvgIpc) is 2.28. The van der Waals surface area contributed by atoms with E-state index in [0.29, 0.717) is 0 Å². The standard InChI is InChI=1S/C9H10OS.C3H6O2/c1-8(10)11-7-9-5-3-2-4-6-9;1-2-3(4)5/h2-6H,7H2,1H3;2H2,1H3,(H,4,5). The van der Waals surface area contributed by atoms with Crippen molar-refractivity contribution in [2.24, 2.45) is 0 Å². The van der Waals surface area contributed by atoms with Gasteiger partial charge < -0.3 is 5.11 Å². The molecule has 0 amide bonds. The third-order valence-corrected chi connectivity index (χ3v) is 2.47. The first kappa shape index (κ1) is 14.7. The highest BCUT2D eigenvalue weighted by Gasteiger charge is 1.94. The average molecular weight is 240 g/mol. The van der Waals surface area contributed by atoms with Gasteiger partial charge >= 0.3 is 5.97 Å². The van der Waals surface area contributed by atoms with Gasteiger partial charge in [0.2, 0.25) is 0 Å². The summed E-state index contributed by atoms with van der Waals surface area (Å²) < 4.78 is 0. The molecule has 16 heavy (non-hydrogen) atoms. The Hall–Kier alpha value is -1.29. The molecule has 0 aliphatic carbocycles. The Kier molecular flexibility index (Phi) is 8.25. The second-order valence-electron chi connectivity index (χ2n) is 3.01. The summed E-state index contributed by atoms with van der Waals surface area (Å²) in [5.41, 5.74) is 1.20. The highest BCUT2D eigenvalue weighted by molar-refractivity contribution is 8.12. The van der Waals surface area contributed by atoms with Gasteiger partial charge in [0.1, 0.15) is 0 Å². The molecule has 0 unspecified atom stereocenters. The Labute approximate surface area is 99.9 Å². The van der Waals surface area contributed by atoms with E-state index in [1.165, 1.54) is 17.3 Å². The summed E-state index contributed by atoms with van der Waals surface area (Å²) in [6, 6.07) is 9.99. The molecule has 88 valence electrons. The van der Waals surface area contributed by atoms with Crippen LogP contribution in [0.5, 0.6) is 0 Å². The van der Waals surface area contributed by atoms with Crippen LogP contribution in [0.15, 0.2) is 30.3 Å². The molecule has 0 atom stereocenters. The number of rotatable bonds is 3. The quantitative estimate of drug-likeness (QED) is 0.882. The second-order valence-corrected chi connectivity index (χ2v) is 4.17. The molecule has 0 aliphatic heterocycles. The first-order chi connectivity index (χ1) is 7.56. The Morgan fingerprint density at radius 2 is 1.75 bits per heavy atom. The number of thioether (sulfide) groups is 1. The van der Waals surface area contributed by atoms with E-state index in [1.54, 1.807) is 13.8 Å². The molecular formula is C12H16O3S. The molecule has 0 aliphatic rings. The lowest BCUT2D eigenvalue weighted by Crippen LogP contribution is -1.86. The maximum Gasteiger partial charge on any atom is 0.303 e. The number of carboxylic acids is 1. The van der Waals surface area contributed by atoms with E-state index in [1.807, 2.05) is 30.3 Å². The molecule has 4 heteroatoms. The summed E-state index contributed by atoms with van der Waals surface area (Å²) in [5, 5.41) is 7.90. The molecule has 0 bridgehead atoms. The minimum atomic E-state index is -0.745. The van der Waals surface area contributed by atoms with Crippen LogP contribution in [0.4, 0.5) is 0 Å². The van der Waals surface area contributed by atoms with Crippen molar-refractivity contribution in [1.82, 2.24) is 0 Å². The van der Waals surface area contributed by atoms with Crippen LogP contribution in [0.1, 0.15) is 25.8 Å². The Morgan fingerprint density at radius 3 is 2.12 bits per heavy atom. The predicted octanol–water partition coefficient (Wildman–Crippen LogP) is 2.95. The molecule has 0 radical (unpaired) electrons. The van der Waals surface area contributed by atoms with E-state index < -0.39 is 5.97 Å². The van der Waals surface area contributed by atoms with Gasteiger partial charge in [-0.2, -0.15) is 0 Å². The van der Waals surface area contributed by atoms with E-state index in [-0.39, 0.29) is 11.5 Å². The van der Waals surface area contributed by atoms with E-state index in [4.69, 9.17) is 5.11 Å². The minimum absolute atomic E-state index is 0.175. The number of benzene rings is 1. The second kappa shape index (κ2) is 8.97. The molecule has 0 fully saturated rings. The molecule has 0 aromatic heterocycles. The Balaban J connectivity index is 0.000000385. The molecule has 0 spiro atoms. The summed E-state index contributed by atoms with van der Waals surface area (Å²) in [4.78, 5) is 19.9. The molecular weight excluding hydrogens is 224 g/mol. The van der Waals surface area contributed by atoms with Crippen molar-refractivity contribution < 1.29 is 14.7 Å². The maximum absolute atomic E-state index is 10.6. The molecule has 1 N–H and O–H groups in total. The number of carbonyl (C=O) groups excluding carboxylic acids is 1. The number of carbonyl (C=O) groups is 2. The van der Waals surface area contributed by atoms with Gasteiger partial charge in [0, 0.05) is 19.1 Å². The van der Waals surface area contributed by atoms with Crippen molar-refractivity contribution in [3.05, 3.63) is 35.9 Å². The first-order valence-corrected chi connectivity index (χ1v) is 5.94. The number of hydrogen-bond donors (Lipinski definition) is 1. The fourth-order valence-corrected chi connectivity index (χ4v) is 1.32. The van der Waals surface area contributed by atoms with Crippen LogP contribution in [0, 0.1) is 0 Å². The third-order valence-electron chi connectivity index (χ3n) is 1.59. The fraction of sp³-hybridized carbons (Fsp3) is 0.333. The van der Waals surface area contributed by atoms with Crippen molar-refractivity contribution in [3.63, 3.8) is 0 Å². The van der Waals surface area contributed by atoms with E-state index in [0.717, 1.165) is 5.75 Å². The highest BCUT2D eigenvalue weighted by Crippen LogP contribution is 2.11. The summed E-state index contributed by atoms with van der Waals surface area (Å²) >= 11 is 1.35. The molecule has 3 nitrogen and oxygen atoms in total. The van der Waals surface area contributed by atoms with Gasteiger partial charge in [-0.05, 0) is 5.56 Å². The zero-order valence-electron chi connectivity index (χ0n) is 9.47. The largest absolute Gasteiger partial charge is 0.481 e. The van der Waals surface area contributed by atoms with Gasteiger partial charge in [0.25, 0.3) is 0 Å². The highest BCUT2D eigenvalue weighted by atomic mass is 32.2. The third kappa shape index (κ3) is 9.27. The van der Waals surface area contributed by atoms with Gasteiger partial charge in [0.05, 0.1) is 0 Å². The van der Waals surface area contributed by atoms with Crippen LogP contribution in [-0.2, 0) is 15.3 Å². The minimum Gasteiger partial charge on any atom is -0.481 e. The van der Waals surface area contributed by atoms with Gasteiger partial charge in [-0.1, -0.05) is 49.0 Å². The van der Waals surface area contributed by atoms with Crippen molar-refractivity contribution in [2.75, 3.05) is 0 Å². The van der Waals surface area contributed by atoms with Crippen molar-refractivity contribution in [3.8, 4) is 0 Å². The monoisotopic (exact) mass is 240 g/mol. The fourth-order valence-electron chi connectivity index (χ4n) is 0.759. The first-order valence-electron chi connectivity index (χ1n) is 4.95. The van der Waals surface area contributed by atoms with Crippen molar-refractivity contribution in [2.45, 2.75) is 26.0 Å². The number of hydrogen-bond acceptors (Lipinski definition) is 3. The van der Waals surface area contributed by atoms with Crippen molar-refractivity contribution in [1.29, 1.82) is 0 Å².